The van der Waals surface area contributed by atoms with Crippen LogP contribution in [0.3, 0.4) is 0 Å². The number of hydrogen-bond acceptors (Lipinski definition) is 3. The number of ether oxygens (including phenoxy) is 1. The Morgan fingerprint density at radius 2 is 2.42 bits per heavy atom. The first-order valence-corrected chi connectivity index (χ1v) is 4.19. The van der Waals surface area contributed by atoms with Crippen LogP contribution in [0.2, 0.25) is 0 Å². The molecule has 0 saturated heterocycles. The third-order valence-electron chi connectivity index (χ3n) is 2.31. The van der Waals surface area contributed by atoms with Crippen molar-refractivity contribution in [2.24, 2.45) is 11.7 Å². The van der Waals surface area contributed by atoms with Gasteiger partial charge in [0.05, 0.1) is 13.4 Å². The van der Waals surface area contributed by atoms with Crippen LogP contribution in [0.15, 0.2) is 16.7 Å². The Kier molecular flexibility index (Phi) is 1.81. The number of hydrogen-bond donors (Lipinski definition) is 1. The lowest BCUT2D eigenvalue weighted by molar-refractivity contribution is 0.305. The van der Waals surface area contributed by atoms with Gasteiger partial charge in [0.1, 0.15) is 0 Å². The molecule has 0 radical (unpaired) electrons. The first kappa shape index (κ1) is 7.68. The van der Waals surface area contributed by atoms with E-state index < -0.39 is 0 Å². The van der Waals surface area contributed by atoms with Gasteiger partial charge in [-0.25, -0.2) is 0 Å². The first-order valence-electron chi connectivity index (χ1n) is 4.19. The van der Waals surface area contributed by atoms with Crippen LogP contribution in [-0.2, 0) is 0 Å². The average molecular weight is 167 g/mol. The van der Waals surface area contributed by atoms with E-state index in [0.717, 1.165) is 5.56 Å². The molecule has 0 spiro atoms. The zero-order valence-electron chi connectivity index (χ0n) is 7.12. The van der Waals surface area contributed by atoms with Crippen LogP contribution in [0.25, 0.3) is 0 Å². The smallest absolute Gasteiger partial charge is 0.284 e. The highest BCUT2D eigenvalue weighted by Crippen LogP contribution is 2.40. The standard InChI is InChI=1S/C9H13NO2/c1-11-8-4-7(5-12-8)9(10)6-2-3-6/h4-6,9H,2-3,10H2,1H3/t9-/m0/s1. The SMILES string of the molecule is COc1cc([C@@H](N)C2CC2)co1. The monoisotopic (exact) mass is 167 g/mol. The van der Waals surface area contributed by atoms with Gasteiger partial charge in [-0.2, -0.15) is 0 Å². The van der Waals surface area contributed by atoms with Crippen molar-refractivity contribution >= 4 is 0 Å². The predicted molar refractivity (Wildman–Crippen MR) is 44.9 cm³/mol. The Morgan fingerprint density at radius 1 is 1.67 bits per heavy atom. The summed E-state index contributed by atoms with van der Waals surface area (Å²) in [5.41, 5.74) is 7.00. The Hall–Kier alpha value is -0.960. The summed E-state index contributed by atoms with van der Waals surface area (Å²) in [6.45, 7) is 0. The summed E-state index contributed by atoms with van der Waals surface area (Å²) in [6.07, 6.45) is 4.17. The van der Waals surface area contributed by atoms with E-state index in [1.807, 2.05) is 6.07 Å². The zero-order valence-corrected chi connectivity index (χ0v) is 7.12. The average Bonchev–Trinajstić information content (AvgIpc) is 2.82. The lowest BCUT2D eigenvalue weighted by atomic mass is 10.1. The van der Waals surface area contributed by atoms with Gasteiger partial charge in [0.25, 0.3) is 5.95 Å². The molecule has 0 unspecified atom stereocenters. The van der Waals surface area contributed by atoms with E-state index in [2.05, 4.69) is 0 Å². The molecule has 1 saturated carbocycles. The Labute approximate surface area is 71.5 Å². The topological polar surface area (TPSA) is 48.4 Å². The van der Waals surface area contributed by atoms with Gasteiger partial charge in [-0.05, 0) is 18.8 Å². The molecular weight excluding hydrogens is 154 g/mol. The van der Waals surface area contributed by atoms with E-state index >= 15 is 0 Å². The van der Waals surface area contributed by atoms with Gasteiger partial charge < -0.3 is 14.9 Å². The fourth-order valence-electron chi connectivity index (χ4n) is 1.34. The van der Waals surface area contributed by atoms with Crippen molar-refractivity contribution in [2.45, 2.75) is 18.9 Å². The molecule has 1 aliphatic rings. The van der Waals surface area contributed by atoms with Gasteiger partial charge in [0.15, 0.2) is 0 Å². The number of nitrogens with two attached hydrogens (primary N) is 1. The van der Waals surface area contributed by atoms with Gasteiger partial charge in [0.2, 0.25) is 0 Å². The summed E-state index contributed by atoms with van der Waals surface area (Å²) >= 11 is 0. The lowest BCUT2D eigenvalue weighted by Gasteiger charge is -2.04. The van der Waals surface area contributed by atoms with Gasteiger partial charge in [-0.15, -0.1) is 0 Å². The highest BCUT2D eigenvalue weighted by atomic mass is 16.6. The van der Waals surface area contributed by atoms with Gasteiger partial charge in [-0.3, -0.25) is 0 Å². The maximum atomic E-state index is 5.95. The third kappa shape index (κ3) is 1.32. The molecule has 1 aliphatic carbocycles. The molecule has 1 aromatic heterocycles. The maximum Gasteiger partial charge on any atom is 0.284 e. The minimum absolute atomic E-state index is 0.137. The van der Waals surface area contributed by atoms with Crippen LogP contribution in [0.1, 0.15) is 24.4 Å². The molecule has 0 aliphatic heterocycles. The Balaban J connectivity index is 2.10. The van der Waals surface area contributed by atoms with Crippen molar-refractivity contribution in [1.82, 2.24) is 0 Å². The van der Waals surface area contributed by atoms with E-state index in [9.17, 15) is 0 Å². The summed E-state index contributed by atoms with van der Waals surface area (Å²) in [5, 5.41) is 0. The molecule has 1 atom stereocenters. The lowest BCUT2D eigenvalue weighted by Crippen LogP contribution is -2.10. The summed E-state index contributed by atoms with van der Waals surface area (Å²) in [6, 6.07) is 2.00. The van der Waals surface area contributed by atoms with E-state index in [1.165, 1.54) is 12.8 Å². The number of methoxy groups -OCH3 is 1. The van der Waals surface area contributed by atoms with Crippen molar-refractivity contribution in [2.75, 3.05) is 7.11 Å². The second-order valence-electron chi connectivity index (χ2n) is 3.27. The number of furan rings is 1. The normalized spacial score (nSPS) is 19.2. The minimum atomic E-state index is 0.137. The molecule has 3 nitrogen and oxygen atoms in total. The number of rotatable bonds is 3. The Morgan fingerprint density at radius 3 is 2.92 bits per heavy atom. The predicted octanol–water partition coefficient (Wildman–Crippen LogP) is 1.70. The third-order valence-corrected chi connectivity index (χ3v) is 2.31. The fourth-order valence-corrected chi connectivity index (χ4v) is 1.34. The summed E-state index contributed by atoms with van der Waals surface area (Å²) < 4.78 is 10.0. The Bertz CT molecular complexity index is 265. The molecule has 0 bridgehead atoms. The summed E-state index contributed by atoms with van der Waals surface area (Å²) in [7, 11) is 1.59. The highest BCUT2D eigenvalue weighted by molar-refractivity contribution is 5.21. The van der Waals surface area contributed by atoms with Crippen molar-refractivity contribution in [3.05, 3.63) is 17.9 Å². The molecule has 66 valence electrons. The van der Waals surface area contributed by atoms with E-state index in [-0.39, 0.29) is 6.04 Å². The molecular formula is C9H13NO2. The largest absolute Gasteiger partial charge is 0.468 e. The van der Waals surface area contributed by atoms with Crippen molar-refractivity contribution in [3.63, 3.8) is 0 Å². The summed E-state index contributed by atoms with van der Waals surface area (Å²) in [5.74, 6) is 1.20. The molecule has 2 rings (SSSR count). The van der Waals surface area contributed by atoms with Gasteiger partial charge >= 0.3 is 0 Å². The molecule has 1 aromatic rings. The minimum Gasteiger partial charge on any atom is -0.468 e. The molecule has 1 fully saturated rings. The van der Waals surface area contributed by atoms with Crippen molar-refractivity contribution in [3.8, 4) is 5.95 Å². The van der Waals surface area contributed by atoms with Crippen molar-refractivity contribution in [1.29, 1.82) is 0 Å². The second kappa shape index (κ2) is 2.83. The van der Waals surface area contributed by atoms with Crippen molar-refractivity contribution < 1.29 is 9.15 Å². The van der Waals surface area contributed by atoms with Crippen LogP contribution >= 0.6 is 0 Å². The van der Waals surface area contributed by atoms with Gasteiger partial charge in [-0.1, -0.05) is 0 Å². The van der Waals surface area contributed by atoms with Crippen LogP contribution in [0, 0.1) is 5.92 Å². The molecule has 2 N–H and O–H groups in total. The van der Waals surface area contributed by atoms with Crippen LogP contribution in [0.4, 0.5) is 0 Å². The quantitative estimate of drug-likeness (QED) is 0.745. The maximum absolute atomic E-state index is 5.95. The van der Waals surface area contributed by atoms with Crippen LogP contribution in [0.5, 0.6) is 5.95 Å². The fraction of sp³-hybridized carbons (Fsp3) is 0.556. The molecule has 1 heterocycles. The second-order valence-corrected chi connectivity index (χ2v) is 3.27. The summed E-state index contributed by atoms with van der Waals surface area (Å²) in [4.78, 5) is 0. The first-order chi connectivity index (χ1) is 5.81. The molecule has 0 aromatic carbocycles. The molecule has 3 heteroatoms. The van der Waals surface area contributed by atoms with Crippen LogP contribution in [-0.4, -0.2) is 7.11 Å². The van der Waals surface area contributed by atoms with Gasteiger partial charge in [0, 0.05) is 17.7 Å². The molecule has 12 heavy (non-hydrogen) atoms. The molecule has 0 amide bonds. The van der Waals surface area contributed by atoms with Crippen LogP contribution < -0.4 is 10.5 Å². The highest BCUT2D eigenvalue weighted by Gasteiger charge is 2.30. The van der Waals surface area contributed by atoms with E-state index in [4.69, 9.17) is 14.9 Å². The van der Waals surface area contributed by atoms with E-state index in [0.29, 0.717) is 11.9 Å². The zero-order chi connectivity index (χ0) is 8.55. The van der Waals surface area contributed by atoms with E-state index in [1.54, 1.807) is 13.4 Å².